The number of nitrogens with one attached hydrogen (secondary N) is 3. The van der Waals surface area contributed by atoms with Gasteiger partial charge in [0.05, 0.1) is 25.8 Å². The molecule has 1 amide bonds. The number of amides is 1. The van der Waals surface area contributed by atoms with E-state index < -0.39 is 0 Å². The molecule has 8 nitrogen and oxygen atoms in total. The summed E-state index contributed by atoms with van der Waals surface area (Å²) >= 11 is 0. The summed E-state index contributed by atoms with van der Waals surface area (Å²) < 4.78 is 11.5. The highest BCUT2D eigenvalue weighted by atomic mass is 16.5. The zero-order chi connectivity index (χ0) is 22.3. The number of carbonyl (C=O) groups is 1. The molecule has 2 atom stereocenters. The molecule has 1 fully saturated rings. The number of morpholine rings is 1. The average molecular weight is 440 g/mol. The number of aliphatic imine (C=N–C) groups is 1. The van der Waals surface area contributed by atoms with Gasteiger partial charge in [-0.3, -0.25) is 14.7 Å². The van der Waals surface area contributed by atoms with Crippen LogP contribution >= 0.6 is 0 Å². The fraction of sp³-hybridized carbons (Fsp3) is 0.500. The summed E-state index contributed by atoms with van der Waals surface area (Å²) in [7, 11) is 0. The van der Waals surface area contributed by atoms with Crippen LogP contribution in [0.1, 0.15) is 42.4 Å². The van der Waals surface area contributed by atoms with E-state index in [0.717, 1.165) is 61.6 Å². The Labute approximate surface area is 189 Å². The summed E-state index contributed by atoms with van der Waals surface area (Å²) in [6.07, 6.45) is 0.464. The van der Waals surface area contributed by atoms with Gasteiger partial charge >= 0.3 is 0 Å². The lowest BCUT2D eigenvalue weighted by molar-refractivity contribution is -0.116. The van der Waals surface area contributed by atoms with Crippen LogP contribution in [0, 0.1) is 6.92 Å². The molecule has 1 aromatic carbocycles. The molecule has 4 rings (SSSR count). The Balaban J connectivity index is 1.46. The number of benzene rings is 1. The van der Waals surface area contributed by atoms with Crippen molar-refractivity contribution in [2.45, 2.75) is 32.2 Å². The molecule has 2 aliphatic rings. The second-order valence-corrected chi connectivity index (χ2v) is 8.25. The highest BCUT2D eigenvalue weighted by Gasteiger charge is 2.26. The quantitative estimate of drug-likeness (QED) is 0.454. The lowest BCUT2D eigenvalue weighted by atomic mass is 9.90. The largest absolute Gasteiger partial charge is 0.465 e. The van der Waals surface area contributed by atoms with Crippen molar-refractivity contribution in [3.05, 3.63) is 53.5 Å². The molecule has 172 valence electrons. The minimum Gasteiger partial charge on any atom is -0.465 e. The van der Waals surface area contributed by atoms with E-state index in [2.05, 4.69) is 33.8 Å². The number of hydrogen-bond acceptors (Lipinski definition) is 5. The molecule has 0 aliphatic carbocycles. The summed E-state index contributed by atoms with van der Waals surface area (Å²) in [5.74, 6) is 2.74. The molecule has 8 heteroatoms. The predicted molar refractivity (Wildman–Crippen MR) is 125 cm³/mol. The van der Waals surface area contributed by atoms with Gasteiger partial charge in [-0.1, -0.05) is 18.2 Å². The van der Waals surface area contributed by atoms with Crippen LogP contribution < -0.4 is 16.0 Å². The number of hydrogen-bond donors (Lipinski definition) is 3. The lowest BCUT2D eigenvalue weighted by Crippen LogP contribution is -2.43. The maximum absolute atomic E-state index is 12.1. The topological polar surface area (TPSA) is 91.1 Å². The van der Waals surface area contributed by atoms with E-state index in [1.54, 1.807) is 0 Å². The molecule has 1 saturated heterocycles. The van der Waals surface area contributed by atoms with Crippen molar-refractivity contribution < 1.29 is 13.9 Å². The van der Waals surface area contributed by atoms with E-state index in [9.17, 15) is 4.79 Å². The molecule has 0 spiro atoms. The highest BCUT2D eigenvalue weighted by Crippen LogP contribution is 2.31. The fourth-order valence-corrected chi connectivity index (χ4v) is 4.33. The van der Waals surface area contributed by atoms with Crippen molar-refractivity contribution in [3.8, 4) is 0 Å². The van der Waals surface area contributed by atoms with Gasteiger partial charge in [0, 0.05) is 44.2 Å². The Hall–Kier alpha value is -2.84. The summed E-state index contributed by atoms with van der Waals surface area (Å²) in [5.41, 5.74) is 2.06. The molecule has 3 N–H and O–H groups in total. The third-order valence-corrected chi connectivity index (χ3v) is 5.96. The molecule has 0 radical (unpaired) electrons. The highest BCUT2D eigenvalue weighted by molar-refractivity contribution is 5.94. The summed E-state index contributed by atoms with van der Waals surface area (Å²) in [4.78, 5) is 19.4. The fourth-order valence-electron chi connectivity index (χ4n) is 4.33. The van der Waals surface area contributed by atoms with Crippen LogP contribution in [-0.4, -0.2) is 62.7 Å². The number of furan rings is 1. The van der Waals surface area contributed by atoms with Crippen LogP contribution in [0.2, 0.25) is 0 Å². The van der Waals surface area contributed by atoms with Gasteiger partial charge in [0.1, 0.15) is 11.5 Å². The van der Waals surface area contributed by atoms with Crippen LogP contribution in [0.4, 0.5) is 5.69 Å². The Kier molecular flexibility index (Phi) is 7.44. The van der Waals surface area contributed by atoms with E-state index >= 15 is 0 Å². The second kappa shape index (κ2) is 10.7. The lowest BCUT2D eigenvalue weighted by Gasteiger charge is -2.32. The molecule has 0 bridgehead atoms. The third kappa shape index (κ3) is 5.49. The molecule has 32 heavy (non-hydrogen) atoms. The van der Waals surface area contributed by atoms with Gasteiger partial charge in [-0.15, -0.1) is 0 Å². The number of fused-ring (bicyclic) bond motifs is 1. The van der Waals surface area contributed by atoms with Crippen molar-refractivity contribution in [1.29, 1.82) is 0 Å². The van der Waals surface area contributed by atoms with Gasteiger partial charge in [-0.25, -0.2) is 0 Å². The minimum atomic E-state index is 0.0537. The van der Waals surface area contributed by atoms with Gasteiger partial charge in [0.2, 0.25) is 5.91 Å². The SMILES string of the molecule is CCNC(=NCC(c1ccc(C)o1)N1CCOCC1)NCC1CC(=O)Nc2ccccc21. The number of nitrogens with zero attached hydrogens (tertiary/aromatic N) is 2. The van der Waals surface area contributed by atoms with Gasteiger partial charge in [-0.2, -0.15) is 0 Å². The summed E-state index contributed by atoms with van der Waals surface area (Å²) in [6.45, 7) is 9.15. The Morgan fingerprint density at radius 2 is 2.03 bits per heavy atom. The normalized spacial score (nSPS) is 20.4. The van der Waals surface area contributed by atoms with Gasteiger partial charge in [0.25, 0.3) is 0 Å². The Morgan fingerprint density at radius 3 is 2.78 bits per heavy atom. The number of ether oxygens (including phenoxy) is 1. The average Bonchev–Trinajstić information content (AvgIpc) is 3.23. The van der Waals surface area contributed by atoms with Crippen molar-refractivity contribution in [1.82, 2.24) is 15.5 Å². The van der Waals surface area contributed by atoms with Crippen LogP contribution in [-0.2, 0) is 9.53 Å². The maximum atomic E-state index is 12.1. The van der Waals surface area contributed by atoms with Crippen LogP contribution in [0.5, 0.6) is 0 Å². The first kappa shape index (κ1) is 22.4. The summed E-state index contributed by atoms with van der Waals surface area (Å²) in [6, 6.07) is 12.1. The maximum Gasteiger partial charge on any atom is 0.225 e. The third-order valence-electron chi connectivity index (χ3n) is 5.96. The first-order chi connectivity index (χ1) is 15.6. The Morgan fingerprint density at radius 1 is 1.22 bits per heavy atom. The van der Waals surface area contributed by atoms with Crippen LogP contribution in [0.25, 0.3) is 0 Å². The van der Waals surface area contributed by atoms with Gasteiger partial charge < -0.3 is 25.1 Å². The number of rotatable bonds is 7. The first-order valence-corrected chi connectivity index (χ1v) is 11.4. The molecule has 1 aromatic heterocycles. The van der Waals surface area contributed by atoms with Crippen molar-refractivity contribution in [2.24, 2.45) is 4.99 Å². The smallest absolute Gasteiger partial charge is 0.225 e. The van der Waals surface area contributed by atoms with Crippen molar-refractivity contribution >= 4 is 17.6 Å². The van der Waals surface area contributed by atoms with Gasteiger partial charge in [0.15, 0.2) is 5.96 Å². The zero-order valence-electron chi connectivity index (χ0n) is 18.9. The van der Waals surface area contributed by atoms with E-state index in [0.29, 0.717) is 19.5 Å². The molecule has 2 unspecified atom stereocenters. The molecule has 3 heterocycles. The number of aryl methyl sites for hydroxylation is 1. The van der Waals surface area contributed by atoms with E-state index in [4.69, 9.17) is 14.1 Å². The molecule has 2 aromatic rings. The predicted octanol–water partition coefficient (Wildman–Crippen LogP) is 2.64. The van der Waals surface area contributed by atoms with Crippen molar-refractivity contribution in [3.63, 3.8) is 0 Å². The molecular formula is C24H33N5O3. The van der Waals surface area contributed by atoms with E-state index in [1.165, 1.54) is 0 Å². The molecular weight excluding hydrogens is 406 g/mol. The zero-order valence-corrected chi connectivity index (χ0v) is 18.9. The van der Waals surface area contributed by atoms with Crippen molar-refractivity contribution in [2.75, 3.05) is 51.3 Å². The number of anilines is 1. The minimum absolute atomic E-state index is 0.0537. The summed E-state index contributed by atoms with van der Waals surface area (Å²) in [5, 5.41) is 9.75. The standard InChI is InChI=1S/C24H33N5O3/c1-3-25-24(26-15-18-14-23(30)28-20-7-5-4-6-19(18)20)27-16-21(22-9-8-17(2)32-22)29-10-12-31-13-11-29/h4-9,18,21H,3,10-16H2,1-2H3,(H,28,30)(H2,25,26,27). The van der Waals surface area contributed by atoms with E-state index in [-0.39, 0.29) is 17.9 Å². The molecule has 2 aliphatic heterocycles. The van der Waals surface area contributed by atoms with E-state index in [1.807, 2.05) is 37.3 Å². The number of carbonyl (C=O) groups excluding carboxylic acids is 1. The van der Waals surface area contributed by atoms with Crippen LogP contribution in [0.15, 0.2) is 45.8 Å². The monoisotopic (exact) mass is 439 g/mol. The van der Waals surface area contributed by atoms with Gasteiger partial charge in [-0.05, 0) is 37.6 Å². The molecule has 0 saturated carbocycles. The number of guanidine groups is 1. The van der Waals surface area contributed by atoms with Crippen LogP contribution in [0.3, 0.4) is 0 Å². The Bertz CT molecular complexity index is 935. The second-order valence-electron chi connectivity index (χ2n) is 8.25. The number of para-hydroxylation sites is 1. The first-order valence-electron chi connectivity index (χ1n) is 11.4.